The Labute approximate surface area is 497 Å². The predicted molar refractivity (Wildman–Crippen MR) is 353 cm³/mol. The average molecular weight is 1100 g/mol. The first-order chi connectivity index (χ1) is 40.9. The Morgan fingerprint density at radius 3 is 1.11 bits per heavy atom. The van der Waals surface area contributed by atoms with Gasteiger partial charge >= 0.3 is 0 Å². The van der Waals surface area contributed by atoms with Crippen LogP contribution in [0.25, 0.3) is 22.3 Å². The van der Waals surface area contributed by atoms with Crippen molar-refractivity contribution in [2.45, 2.75) is 97.4 Å². The number of hydrogen-bond acceptors (Lipinski definition) is 7. The molecule has 7 heterocycles. The molecule has 7 aliphatic heterocycles. The van der Waals surface area contributed by atoms with Crippen molar-refractivity contribution < 1.29 is 4.74 Å². The van der Waals surface area contributed by atoms with Gasteiger partial charge in [0.2, 0.25) is 0 Å². The summed E-state index contributed by atoms with van der Waals surface area (Å²) in [6.45, 7) is 16.4. The molecule has 0 fully saturated rings. The van der Waals surface area contributed by atoms with Gasteiger partial charge in [0.05, 0.1) is 52.2 Å². The molecule has 0 amide bonds. The molecule has 12 rings (SSSR count). The van der Waals surface area contributed by atoms with Crippen LogP contribution in [-0.4, -0.2) is 45.8 Å². The van der Waals surface area contributed by atoms with Crippen LogP contribution in [0, 0.1) is 0 Å². The topological polar surface area (TPSA) is 65.2 Å². The van der Waals surface area contributed by atoms with E-state index in [1.165, 1.54) is 53.5 Å². The highest BCUT2D eigenvalue weighted by Crippen LogP contribution is 2.39. The average Bonchev–Trinajstić information content (AvgIpc) is 3.10. The summed E-state index contributed by atoms with van der Waals surface area (Å²) in [4.78, 5) is 26.3. The standard InChI is InChI=1S/C77H74N6O/c1-76(2,3)61-50-54(51-62(52-61)77(4,5)6)53-83-47-42-56(43-48-83)55-40-45-82(46-41-55)44-20-9-7-8-10-21-49-84-63-30-28-60(29-31-63)75-70-38-36-68(80-70)73(58-24-16-12-17-25-58)66-34-32-64(78-66)72(57-22-14-11-15-23-57)65-33-35-67(79-65)74(59-26-18-13-19-27-59)69-37-39-71(75)81-69/h11-19,22-43,45-48,50-52H,7-10,20-21,44,49,53H2,1-6H3. The Kier molecular flexibility index (Phi) is 16.0. The molecule has 0 saturated carbocycles. The van der Waals surface area contributed by atoms with Gasteiger partial charge in [0.25, 0.3) is 0 Å². The van der Waals surface area contributed by atoms with Gasteiger partial charge in [0.1, 0.15) is 5.75 Å². The van der Waals surface area contributed by atoms with Gasteiger partial charge in [0.15, 0.2) is 0 Å². The van der Waals surface area contributed by atoms with Gasteiger partial charge in [-0.05, 0) is 159 Å². The zero-order valence-corrected chi connectivity index (χ0v) is 49.4. The van der Waals surface area contributed by atoms with Crippen LogP contribution in [0.2, 0.25) is 0 Å². The van der Waals surface area contributed by atoms with Crippen molar-refractivity contribution in [3.8, 4) is 5.75 Å². The summed E-state index contributed by atoms with van der Waals surface area (Å²) in [5.74, 6) is 0.855. The molecule has 7 aliphatic rings. The van der Waals surface area contributed by atoms with E-state index in [4.69, 9.17) is 24.7 Å². The third-order valence-corrected chi connectivity index (χ3v) is 16.2. The van der Waals surface area contributed by atoms with Crippen molar-refractivity contribution in [2.75, 3.05) is 13.2 Å². The zero-order valence-electron chi connectivity index (χ0n) is 49.4. The monoisotopic (exact) mass is 1100 g/mol. The Morgan fingerprint density at radius 2 is 0.714 bits per heavy atom. The molecule has 0 aromatic heterocycles. The molecule has 8 bridgehead atoms. The SMILES string of the molecule is CC(C)(C)c1cc(CN2C=CC(=C3C=CN(CCCCCCCCOc4ccc(C5=C6C=CC(=N6)C(c6ccccc6)=C6C=CC(=N6)C(c6ccccc6)=C6C=CC(=N6)C(c6ccccc6)=C6C=CC5=N6)cc4)C=C3)C=C2)cc(C(C)(C)C)c1. The Morgan fingerprint density at radius 1 is 0.357 bits per heavy atom. The lowest BCUT2D eigenvalue weighted by atomic mass is 9.79. The van der Waals surface area contributed by atoms with Gasteiger partial charge in [-0.2, -0.15) is 0 Å². The molecule has 5 aromatic carbocycles. The number of ether oxygens (including phenoxy) is 1. The maximum absolute atomic E-state index is 6.37. The Hall–Kier alpha value is -9.20. The fourth-order valence-corrected chi connectivity index (χ4v) is 11.5. The maximum atomic E-state index is 6.37. The normalized spacial score (nSPS) is 17.2. The van der Waals surface area contributed by atoms with Crippen LogP contribution < -0.4 is 4.74 Å². The number of unbranched alkanes of at least 4 members (excludes halogenated alkanes) is 5. The highest BCUT2D eigenvalue weighted by molar-refractivity contribution is 6.39. The second kappa shape index (κ2) is 24.3. The molecule has 0 unspecified atom stereocenters. The summed E-state index contributed by atoms with van der Waals surface area (Å²) < 4.78 is 6.37. The summed E-state index contributed by atoms with van der Waals surface area (Å²) >= 11 is 0. The molecule has 0 spiro atoms. The van der Waals surface area contributed by atoms with Crippen LogP contribution >= 0.6 is 0 Å². The summed E-state index contributed by atoms with van der Waals surface area (Å²) in [6.07, 6.45) is 41.8. The lowest BCUT2D eigenvalue weighted by molar-refractivity contribution is 0.304. The summed E-state index contributed by atoms with van der Waals surface area (Å²) in [5, 5.41) is 0. The lowest BCUT2D eigenvalue weighted by Gasteiger charge is -2.27. The zero-order chi connectivity index (χ0) is 57.6. The van der Waals surface area contributed by atoms with E-state index in [1.54, 1.807) is 0 Å². The number of hydrogen-bond donors (Lipinski definition) is 0. The first-order valence-corrected chi connectivity index (χ1v) is 30.0. The first-order valence-electron chi connectivity index (χ1n) is 30.0. The highest BCUT2D eigenvalue weighted by Gasteiger charge is 2.28. The summed E-state index contributed by atoms with van der Waals surface area (Å²) in [6, 6.07) is 47.0. The highest BCUT2D eigenvalue weighted by atomic mass is 16.5. The van der Waals surface area contributed by atoms with Gasteiger partial charge in [-0.15, -0.1) is 0 Å². The molecule has 0 radical (unpaired) electrons. The van der Waals surface area contributed by atoms with E-state index in [0.29, 0.717) is 6.61 Å². The number of nitrogens with zero attached hydrogens (tertiary/aromatic N) is 6. The smallest absolute Gasteiger partial charge is 0.119 e. The molecule has 0 atom stereocenters. The Bertz CT molecular complexity index is 3810. The molecular weight excluding hydrogens is 1020 g/mol. The van der Waals surface area contributed by atoms with Gasteiger partial charge in [-0.25, -0.2) is 20.0 Å². The van der Waals surface area contributed by atoms with E-state index < -0.39 is 0 Å². The molecule has 7 nitrogen and oxygen atoms in total. The molecule has 0 aliphatic carbocycles. The largest absolute Gasteiger partial charge is 0.494 e. The van der Waals surface area contributed by atoms with Gasteiger partial charge in [-0.1, -0.05) is 189 Å². The van der Waals surface area contributed by atoms with Crippen LogP contribution in [-0.2, 0) is 17.4 Å². The van der Waals surface area contributed by atoms with Gasteiger partial charge in [-0.3, -0.25) is 0 Å². The fraction of sp³-hybridized carbons (Fsp3) is 0.221. The van der Waals surface area contributed by atoms with E-state index in [9.17, 15) is 0 Å². The fourth-order valence-electron chi connectivity index (χ4n) is 11.5. The molecule has 0 saturated heterocycles. The van der Waals surface area contributed by atoms with Crippen molar-refractivity contribution in [2.24, 2.45) is 20.0 Å². The van der Waals surface area contributed by atoms with Crippen LogP contribution in [0.1, 0.15) is 119 Å². The third kappa shape index (κ3) is 12.6. The van der Waals surface area contributed by atoms with Gasteiger partial charge < -0.3 is 14.5 Å². The molecule has 84 heavy (non-hydrogen) atoms. The van der Waals surface area contributed by atoms with Crippen molar-refractivity contribution >= 4 is 45.1 Å². The van der Waals surface area contributed by atoms with Crippen molar-refractivity contribution in [3.63, 3.8) is 0 Å². The number of rotatable bonds is 16. The maximum Gasteiger partial charge on any atom is 0.119 e. The second-order valence-corrected chi connectivity index (χ2v) is 24.5. The number of aliphatic imine (C=N–C) groups is 4. The molecular formula is C77H74N6O. The van der Waals surface area contributed by atoms with E-state index in [0.717, 1.165) is 122 Å². The Balaban J connectivity index is 0.680. The third-order valence-electron chi connectivity index (χ3n) is 16.2. The minimum Gasteiger partial charge on any atom is -0.494 e. The van der Waals surface area contributed by atoms with Crippen LogP contribution in [0.3, 0.4) is 0 Å². The van der Waals surface area contributed by atoms with Crippen molar-refractivity contribution in [1.82, 2.24) is 9.80 Å². The van der Waals surface area contributed by atoms with Crippen LogP contribution in [0.5, 0.6) is 5.75 Å². The predicted octanol–water partition coefficient (Wildman–Crippen LogP) is 18.2. The summed E-state index contributed by atoms with van der Waals surface area (Å²) in [7, 11) is 0. The van der Waals surface area contributed by atoms with E-state index in [1.807, 2.05) is 18.2 Å². The minimum atomic E-state index is 0.104. The van der Waals surface area contributed by atoms with E-state index in [2.05, 4.69) is 264 Å². The molecule has 418 valence electrons. The minimum absolute atomic E-state index is 0.104. The van der Waals surface area contributed by atoms with E-state index >= 15 is 0 Å². The lowest BCUT2D eigenvalue weighted by Crippen LogP contribution is -2.19. The molecule has 0 N–H and O–H groups in total. The van der Waals surface area contributed by atoms with Crippen LogP contribution in [0.15, 0.2) is 285 Å². The molecule has 5 aromatic rings. The van der Waals surface area contributed by atoms with Gasteiger partial charge in [0, 0.05) is 60.2 Å². The first kappa shape index (κ1) is 55.3. The van der Waals surface area contributed by atoms with E-state index in [-0.39, 0.29) is 10.8 Å². The number of benzene rings is 5. The number of allylic oxidation sites excluding steroid dienone is 18. The number of fused-ring (bicyclic) bond motifs is 4. The quantitative estimate of drug-likeness (QED) is 0.0925. The van der Waals surface area contributed by atoms with Crippen molar-refractivity contribution in [3.05, 3.63) is 304 Å². The molecule has 7 heteroatoms. The summed E-state index contributed by atoms with van der Waals surface area (Å²) in [5.41, 5.74) is 21.5. The second-order valence-electron chi connectivity index (χ2n) is 24.5. The van der Waals surface area contributed by atoms with Crippen molar-refractivity contribution in [1.29, 1.82) is 0 Å². The van der Waals surface area contributed by atoms with Crippen LogP contribution in [0.4, 0.5) is 0 Å².